The van der Waals surface area contributed by atoms with E-state index in [4.69, 9.17) is 46.4 Å². The van der Waals surface area contributed by atoms with Crippen LogP contribution in [0.3, 0.4) is 0 Å². The summed E-state index contributed by atoms with van der Waals surface area (Å²) in [4.78, 5) is 29.7. The van der Waals surface area contributed by atoms with E-state index in [0.29, 0.717) is 15.6 Å². The number of benzene rings is 3. The fraction of sp³-hybridized carbons (Fsp3) is 0.355. The van der Waals surface area contributed by atoms with Crippen LogP contribution >= 0.6 is 46.4 Å². The zero-order chi connectivity index (χ0) is 31.1. The molecule has 1 aliphatic rings. The summed E-state index contributed by atoms with van der Waals surface area (Å²) in [6.45, 7) is -0.599. The van der Waals surface area contributed by atoms with Crippen LogP contribution in [0.2, 0.25) is 20.1 Å². The number of hydrogen-bond acceptors (Lipinski definition) is 4. The molecule has 0 unspecified atom stereocenters. The van der Waals surface area contributed by atoms with Crippen molar-refractivity contribution in [3.8, 4) is 0 Å². The predicted octanol–water partition coefficient (Wildman–Crippen LogP) is 7.16. The van der Waals surface area contributed by atoms with Gasteiger partial charge < -0.3 is 10.2 Å². The number of hydrogen-bond donors (Lipinski definition) is 1. The molecule has 1 aliphatic carbocycles. The molecule has 1 N–H and O–H groups in total. The van der Waals surface area contributed by atoms with Gasteiger partial charge in [0.2, 0.25) is 21.8 Å². The van der Waals surface area contributed by atoms with Crippen molar-refractivity contribution in [2.24, 2.45) is 0 Å². The Labute approximate surface area is 273 Å². The Bertz CT molecular complexity index is 1530. The first-order valence-electron chi connectivity index (χ1n) is 13.9. The summed E-state index contributed by atoms with van der Waals surface area (Å²) in [6.07, 6.45) is 6.10. The van der Waals surface area contributed by atoms with Gasteiger partial charge in [-0.2, -0.15) is 0 Å². The van der Waals surface area contributed by atoms with Gasteiger partial charge in [-0.15, -0.1) is 0 Å². The van der Waals surface area contributed by atoms with E-state index in [1.165, 1.54) is 23.1 Å². The molecule has 230 valence electrons. The lowest BCUT2D eigenvalue weighted by molar-refractivity contribution is -0.140. The van der Waals surface area contributed by atoms with Gasteiger partial charge in [0.25, 0.3) is 0 Å². The molecule has 0 saturated heterocycles. The molecule has 0 spiro atoms. The van der Waals surface area contributed by atoms with E-state index >= 15 is 0 Å². The molecule has 4 rings (SSSR count). The minimum absolute atomic E-state index is 0.00238. The van der Waals surface area contributed by atoms with Crippen LogP contribution < -0.4 is 9.62 Å². The molecule has 0 aliphatic heterocycles. The molecular formula is C31H33Cl4N3O4S. The van der Waals surface area contributed by atoms with Crippen molar-refractivity contribution in [3.63, 3.8) is 0 Å². The summed E-state index contributed by atoms with van der Waals surface area (Å²) in [5.41, 5.74) is 1.61. The van der Waals surface area contributed by atoms with Crippen LogP contribution in [0.1, 0.15) is 43.2 Å². The minimum atomic E-state index is -3.96. The maximum Gasteiger partial charge on any atom is 0.244 e. The summed E-state index contributed by atoms with van der Waals surface area (Å²) in [5.74, 6) is -0.895. The third kappa shape index (κ3) is 9.50. The summed E-state index contributed by atoms with van der Waals surface area (Å²) in [7, 11) is -3.96. The summed E-state index contributed by atoms with van der Waals surface area (Å²) in [5, 5.41) is 4.23. The Balaban J connectivity index is 1.75. The van der Waals surface area contributed by atoms with Crippen LogP contribution in [0.15, 0.2) is 66.7 Å². The highest BCUT2D eigenvalue weighted by atomic mass is 35.5. The maximum absolute atomic E-state index is 14.2. The molecule has 0 bridgehead atoms. The van der Waals surface area contributed by atoms with E-state index in [2.05, 4.69) is 5.32 Å². The normalized spacial score (nSPS) is 14.6. The fourth-order valence-electron chi connectivity index (χ4n) is 5.23. The van der Waals surface area contributed by atoms with Crippen molar-refractivity contribution in [3.05, 3.63) is 97.9 Å². The minimum Gasteiger partial charge on any atom is -0.352 e. The average molecular weight is 686 g/mol. The van der Waals surface area contributed by atoms with Gasteiger partial charge in [-0.1, -0.05) is 102 Å². The van der Waals surface area contributed by atoms with Crippen LogP contribution in [0, 0.1) is 0 Å². The lowest BCUT2D eigenvalue weighted by Gasteiger charge is -2.35. The van der Waals surface area contributed by atoms with E-state index in [-0.39, 0.29) is 40.6 Å². The van der Waals surface area contributed by atoms with E-state index < -0.39 is 28.5 Å². The number of carbonyl (C=O) groups is 2. The topological polar surface area (TPSA) is 86.8 Å². The molecule has 12 heteroatoms. The number of sulfonamides is 1. The van der Waals surface area contributed by atoms with Crippen molar-refractivity contribution in [2.75, 3.05) is 17.1 Å². The molecule has 0 aromatic heterocycles. The van der Waals surface area contributed by atoms with Gasteiger partial charge in [0.05, 0.1) is 22.0 Å². The fourth-order valence-corrected chi connectivity index (χ4v) is 6.90. The SMILES string of the molecule is CS(=O)(=O)N(CC(=O)N(Cc1ccc(Cl)c(Cl)c1)[C@H](Cc1ccccc1)C(=O)NC1CCCCC1)c1cc(Cl)cc(Cl)c1. The molecule has 3 aromatic carbocycles. The highest BCUT2D eigenvalue weighted by Gasteiger charge is 2.34. The van der Waals surface area contributed by atoms with Gasteiger partial charge in [0.15, 0.2) is 0 Å². The van der Waals surface area contributed by atoms with Gasteiger partial charge in [0, 0.05) is 29.1 Å². The van der Waals surface area contributed by atoms with Crippen LogP contribution in [0.25, 0.3) is 0 Å². The largest absolute Gasteiger partial charge is 0.352 e. The second kappa shape index (κ2) is 15.0. The number of carbonyl (C=O) groups excluding carboxylic acids is 2. The van der Waals surface area contributed by atoms with Crippen LogP contribution in [-0.2, 0) is 32.6 Å². The number of halogens is 4. The Morgan fingerprint density at radius 1 is 0.860 bits per heavy atom. The van der Waals surface area contributed by atoms with Gasteiger partial charge in [-0.25, -0.2) is 8.42 Å². The van der Waals surface area contributed by atoms with Crippen LogP contribution in [0.4, 0.5) is 5.69 Å². The Kier molecular flexibility index (Phi) is 11.6. The zero-order valence-corrected chi connectivity index (χ0v) is 27.5. The first-order valence-corrected chi connectivity index (χ1v) is 17.3. The molecule has 2 amide bonds. The van der Waals surface area contributed by atoms with E-state index in [1.807, 2.05) is 30.3 Å². The first kappa shape index (κ1) is 33.4. The lowest BCUT2D eigenvalue weighted by Crippen LogP contribution is -2.55. The van der Waals surface area contributed by atoms with Crippen molar-refractivity contribution in [1.29, 1.82) is 0 Å². The maximum atomic E-state index is 14.2. The molecule has 1 atom stereocenters. The quantitative estimate of drug-likeness (QED) is 0.232. The van der Waals surface area contributed by atoms with Gasteiger partial charge >= 0.3 is 0 Å². The number of rotatable bonds is 11. The Hall–Kier alpha value is -2.49. The lowest BCUT2D eigenvalue weighted by atomic mass is 9.94. The van der Waals surface area contributed by atoms with E-state index in [1.54, 1.807) is 18.2 Å². The van der Waals surface area contributed by atoms with Crippen molar-refractivity contribution in [2.45, 2.75) is 57.2 Å². The summed E-state index contributed by atoms with van der Waals surface area (Å²) in [6, 6.07) is 17.7. The van der Waals surface area contributed by atoms with Crippen molar-refractivity contribution < 1.29 is 18.0 Å². The molecule has 0 heterocycles. The van der Waals surface area contributed by atoms with Gasteiger partial charge in [-0.3, -0.25) is 13.9 Å². The average Bonchev–Trinajstić information content (AvgIpc) is 2.95. The summed E-state index contributed by atoms with van der Waals surface area (Å²) >= 11 is 24.8. The number of nitrogens with zero attached hydrogens (tertiary/aromatic N) is 2. The molecule has 1 saturated carbocycles. The van der Waals surface area contributed by atoms with Gasteiger partial charge in [0.1, 0.15) is 12.6 Å². The van der Waals surface area contributed by atoms with Crippen molar-refractivity contribution >= 4 is 73.9 Å². The number of anilines is 1. The molecular weight excluding hydrogens is 652 g/mol. The highest BCUT2D eigenvalue weighted by molar-refractivity contribution is 7.92. The molecule has 1 fully saturated rings. The van der Waals surface area contributed by atoms with E-state index in [9.17, 15) is 18.0 Å². The monoisotopic (exact) mass is 683 g/mol. The third-order valence-electron chi connectivity index (χ3n) is 7.37. The number of amides is 2. The molecule has 0 radical (unpaired) electrons. The molecule has 3 aromatic rings. The van der Waals surface area contributed by atoms with Gasteiger partial charge in [-0.05, 0) is 54.3 Å². The van der Waals surface area contributed by atoms with Crippen LogP contribution in [0.5, 0.6) is 0 Å². The van der Waals surface area contributed by atoms with Crippen LogP contribution in [-0.4, -0.2) is 50.0 Å². The second-order valence-electron chi connectivity index (χ2n) is 10.7. The first-order chi connectivity index (χ1) is 20.4. The smallest absolute Gasteiger partial charge is 0.244 e. The summed E-state index contributed by atoms with van der Waals surface area (Å²) < 4.78 is 26.9. The zero-order valence-electron chi connectivity index (χ0n) is 23.6. The predicted molar refractivity (Wildman–Crippen MR) is 175 cm³/mol. The highest BCUT2D eigenvalue weighted by Crippen LogP contribution is 2.29. The standard InChI is InChI=1S/C31H33Cl4N3O4S/c1-43(41,42)38(26-17-23(32)16-24(33)18-26)20-30(39)37(19-22-12-13-27(34)28(35)14-22)29(15-21-8-4-2-5-9-21)31(40)36-25-10-6-3-7-11-25/h2,4-5,8-9,12-14,16-18,25,29H,3,6-7,10-11,15,19-20H2,1H3,(H,36,40)/t29-/m1/s1. The third-order valence-corrected chi connectivity index (χ3v) is 9.69. The Morgan fingerprint density at radius 2 is 1.51 bits per heavy atom. The molecule has 7 nitrogen and oxygen atoms in total. The number of nitrogens with one attached hydrogen (secondary N) is 1. The second-order valence-corrected chi connectivity index (χ2v) is 14.3. The van der Waals surface area contributed by atoms with Crippen molar-refractivity contribution in [1.82, 2.24) is 10.2 Å². The Morgan fingerprint density at radius 3 is 2.12 bits per heavy atom. The molecule has 43 heavy (non-hydrogen) atoms. The van der Waals surface area contributed by atoms with E-state index in [0.717, 1.165) is 48.2 Å².